The first-order valence-electron chi connectivity index (χ1n) is 8.42. The van der Waals surface area contributed by atoms with Crippen molar-refractivity contribution in [3.63, 3.8) is 0 Å². The van der Waals surface area contributed by atoms with E-state index in [4.69, 9.17) is 18.9 Å². The molecular weight excluding hydrogens is 382 g/mol. The second-order valence-corrected chi connectivity index (χ2v) is 5.77. The van der Waals surface area contributed by atoms with E-state index in [1.54, 1.807) is 31.3 Å². The zero-order valence-corrected chi connectivity index (χ0v) is 16.3. The summed E-state index contributed by atoms with van der Waals surface area (Å²) in [4.78, 5) is 32.3. The zero-order valence-electron chi connectivity index (χ0n) is 16.3. The van der Waals surface area contributed by atoms with E-state index < -0.39 is 18.5 Å². The first-order chi connectivity index (χ1) is 14.0. The smallest absolute Gasteiger partial charge is 0.378 e. The van der Waals surface area contributed by atoms with Crippen molar-refractivity contribution >= 4 is 23.3 Å². The first kappa shape index (κ1) is 19.9. The molecule has 0 aliphatic rings. The Kier molecular flexibility index (Phi) is 5.77. The first-order valence-corrected chi connectivity index (χ1v) is 8.42. The molecule has 0 atom stereocenters. The number of nitrogens with one attached hydrogen (secondary N) is 1. The third-order valence-electron chi connectivity index (χ3n) is 3.90. The van der Waals surface area contributed by atoms with E-state index in [9.17, 15) is 9.59 Å². The van der Waals surface area contributed by atoms with E-state index in [1.165, 1.54) is 25.8 Å². The normalized spacial score (nSPS) is 10.5. The number of aryl methyl sites for hydroxylation is 1. The number of hydrogen-bond donors (Lipinski definition) is 1. The number of esters is 1. The van der Waals surface area contributed by atoms with Crippen molar-refractivity contribution in [2.24, 2.45) is 0 Å². The molecule has 3 aromatic rings. The van der Waals surface area contributed by atoms with Gasteiger partial charge in [-0.2, -0.15) is 4.98 Å². The Hall–Kier alpha value is -3.89. The van der Waals surface area contributed by atoms with Crippen LogP contribution in [0.2, 0.25) is 0 Å². The predicted molar refractivity (Wildman–Crippen MR) is 101 cm³/mol. The lowest BCUT2D eigenvalue weighted by Crippen LogP contribution is -2.21. The van der Waals surface area contributed by atoms with E-state index in [1.807, 2.05) is 0 Å². The molecule has 0 aliphatic carbocycles. The van der Waals surface area contributed by atoms with Gasteiger partial charge in [-0.15, -0.1) is 5.10 Å². The third kappa shape index (κ3) is 4.18. The van der Waals surface area contributed by atoms with Crippen LogP contribution >= 0.6 is 0 Å². The van der Waals surface area contributed by atoms with Crippen LogP contribution in [-0.2, 0) is 9.53 Å². The SMILES string of the molecule is COc1cc(NC(=O)COC(=O)c2nc3nccc(C)n3n2)cc(OC)c1OC. The standard InChI is InChI=1S/C18H19N5O6/c1-10-5-6-19-18-21-16(22-23(10)18)17(25)29-9-14(24)20-11-7-12(26-2)15(28-4)13(8-11)27-3/h5-8H,9H2,1-4H3,(H,20,24). The Morgan fingerprint density at radius 3 is 2.38 bits per heavy atom. The molecule has 0 radical (unpaired) electrons. The molecule has 2 aromatic heterocycles. The highest BCUT2D eigenvalue weighted by Gasteiger charge is 2.18. The number of aromatic nitrogens is 4. The maximum absolute atomic E-state index is 12.2. The van der Waals surface area contributed by atoms with Crippen molar-refractivity contribution in [3.8, 4) is 17.2 Å². The fourth-order valence-electron chi connectivity index (χ4n) is 2.54. The highest BCUT2D eigenvalue weighted by Crippen LogP contribution is 2.39. The van der Waals surface area contributed by atoms with Crippen LogP contribution in [0.25, 0.3) is 5.78 Å². The highest BCUT2D eigenvalue weighted by molar-refractivity contribution is 5.95. The van der Waals surface area contributed by atoms with Crippen molar-refractivity contribution < 1.29 is 28.5 Å². The number of carbonyl (C=O) groups excluding carboxylic acids is 2. The number of ether oxygens (including phenoxy) is 4. The molecule has 29 heavy (non-hydrogen) atoms. The molecule has 1 N–H and O–H groups in total. The largest absolute Gasteiger partial charge is 0.493 e. The Bertz CT molecular complexity index is 1040. The van der Waals surface area contributed by atoms with Crippen LogP contribution in [0.15, 0.2) is 24.4 Å². The van der Waals surface area contributed by atoms with Gasteiger partial charge in [0.25, 0.3) is 17.5 Å². The Morgan fingerprint density at radius 2 is 1.79 bits per heavy atom. The van der Waals surface area contributed by atoms with E-state index in [0.717, 1.165) is 5.69 Å². The lowest BCUT2D eigenvalue weighted by molar-refractivity contribution is -0.119. The van der Waals surface area contributed by atoms with E-state index in [0.29, 0.717) is 22.9 Å². The number of benzene rings is 1. The summed E-state index contributed by atoms with van der Waals surface area (Å²) in [6, 6.07) is 4.83. The van der Waals surface area contributed by atoms with Crippen molar-refractivity contribution in [3.05, 3.63) is 35.9 Å². The molecule has 3 rings (SSSR count). The average Bonchev–Trinajstić information content (AvgIpc) is 3.17. The fraction of sp³-hybridized carbons (Fsp3) is 0.278. The quantitative estimate of drug-likeness (QED) is 0.582. The summed E-state index contributed by atoms with van der Waals surface area (Å²) >= 11 is 0. The van der Waals surface area contributed by atoms with Gasteiger partial charge < -0.3 is 24.3 Å². The maximum atomic E-state index is 12.2. The molecule has 0 saturated heterocycles. The number of nitrogens with zero attached hydrogens (tertiary/aromatic N) is 4. The molecular formula is C18H19N5O6. The summed E-state index contributed by atoms with van der Waals surface area (Å²) in [5, 5.41) is 6.62. The average molecular weight is 401 g/mol. The number of rotatable bonds is 7. The van der Waals surface area contributed by atoms with Gasteiger partial charge in [-0.3, -0.25) is 4.79 Å². The van der Waals surface area contributed by atoms with Gasteiger partial charge in [-0.05, 0) is 13.0 Å². The van der Waals surface area contributed by atoms with Crippen molar-refractivity contribution in [1.82, 2.24) is 19.6 Å². The van der Waals surface area contributed by atoms with Crippen LogP contribution in [-0.4, -0.2) is 59.4 Å². The molecule has 0 fully saturated rings. The number of carbonyl (C=O) groups is 2. The van der Waals surface area contributed by atoms with Crippen LogP contribution in [0.5, 0.6) is 17.2 Å². The minimum absolute atomic E-state index is 0.188. The molecule has 11 nitrogen and oxygen atoms in total. The summed E-state index contributed by atoms with van der Waals surface area (Å²) < 4.78 is 22.1. The molecule has 0 unspecified atom stereocenters. The van der Waals surface area contributed by atoms with E-state index in [-0.39, 0.29) is 11.6 Å². The molecule has 0 saturated carbocycles. The van der Waals surface area contributed by atoms with E-state index >= 15 is 0 Å². The monoisotopic (exact) mass is 401 g/mol. The van der Waals surface area contributed by atoms with Gasteiger partial charge in [0.1, 0.15) is 0 Å². The van der Waals surface area contributed by atoms with E-state index in [2.05, 4.69) is 20.4 Å². The third-order valence-corrected chi connectivity index (χ3v) is 3.90. The topological polar surface area (TPSA) is 126 Å². The van der Waals surface area contributed by atoms with Gasteiger partial charge in [0.15, 0.2) is 18.1 Å². The molecule has 152 valence electrons. The molecule has 1 aromatic carbocycles. The van der Waals surface area contributed by atoms with Crippen LogP contribution in [0.4, 0.5) is 5.69 Å². The highest BCUT2D eigenvalue weighted by atomic mass is 16.5. The molecule has 11 heteroatoms. The van der Waals surface area contributed by atoms with Crippen molar-refractivity contribution in [2.45, 2.75) is 6.92 Å². The molecule has 0 spiro atoms. The Morgan fingerprint density at radius 1 is 1.10 bits per heavy atom. The summed E-state index contributed by atoms with van der Waals surface area (Å²) in [7, 11) is 4.40. The lowest BCUT2D eigenvalue weighted by Gasteiger charge is -2.14. The summed E-state index contributed by atoms with van der Waals surface area (Å²) in [5.41, 5.74) is 1.13. The van der Waals surface area contributed by atoms with Gasteiger partial charge in [0.05, 0.1) is 21.3 Å². The number of hydrogen-bond acceptors (Lipinski definition) is 9. The van der Waals surface area contributed by atoms with Crippen LogP contribution in [0.1, 0.15) is 16.3 Å². The van der Waals surface area contributed by atoms with Crippen LogP contribution in [0.3, 0.4) is 0 Å². The summed E-state index contributed by atoms with van der Waals surface area (Å²) in [6.45, 7) is 1.26. The minimum atomic E-state index is -0.838. The number of fused-ring (bicyclic) bond motifs is 1. The van der Waals surface area contributed by atoms with Crippen LogP contribution in [0, 0.1) is 6.92 Å². The predicted octanol–water partition coefficient (Wildman–Crippen LogP) is 1.25. The molecule has 2 heterocycles. The Balaban J connectivity index is 1.66. The van der Waals surface area contributed by atoms with Gasteiger partial charge in [-0.25, -0.2) is 14.3 Å². The summed E-state index contributed by atoms with van der Waals surface area (Å²) in [5.74, 6) is -0.195. The second kappa shape index (κ2) is 8.42. The molecule has 0 bridgehead atoms. The lowest BCUT2D eigenvalue weighted by atomic mass is 10.2. The van der Waals surface area contributed by atoms with Gasteiger partial charge in [0, 0.05) is 29.7 Å². The fourth-order valence-corrected chi connectivity index (χ4v) is 2.54. The Labute approximate surface area is 165 Å². The van der Waals surface area contributed by atoms with Gasteiger partial charge in [-0.1, -0.05) is 0 Å². The van der Waals surface area contributed by atoms with Crippen molar-refractivity contribution in [1.29, 1.82) is 0 Å². The van der Waals surface area contributed by atoms with Gasteiger partial charge >= 0.3 is 5.97 Å². The zero-order chi connectivity index (χ0) is 21.0. The molecule has 1 amide bonds. The van der Waals surface area contributed by atoms with Crippen LogP contribution < -0.4 is 19.5 Å². The summed E-state index contributed by atoms with van der Waals surface area (Å²) in [6.07, 6.45) is 1.55. The van der Waals surface area contributed by atoms with Crippen molar-refractivity contribution in [2.75, 3.05) is 33.3 Å². The number of methoxy groups -OCH3 is 3. The molecule has 0 aliphatic heterocycles. The second-order valence-electron chi connectivity index (χ2n) is 5.77. The number of anilines is 1. The maximum Gasteiger partial charge on any atom is 0.378 e. The minimum Gasteiger partial charge on any atom is -0.493 e. The number of amides is 1. The van der Waals surface area contributed by atoms with Gasteiger partial charge in [0.2, 0.25) is 5.75 Å².